The molecule has 2 aromatic carbocycles. The lowest BCUT2D eigenvalue weighted by Crippen LogP contribution is -1.89. The van der Waals surface area contributed by atoms with Crippen molar-refractivity contribution in [1.82, 2.24) is 15.2 Å². The third-order valence-electron chi connectivity index (χ3n) is 3.44. The minimum absolute atomic E-state index is 0.691. The summed E-state index contributed by atoms with van der Waals surface area (Å²) in [5.74, 6) is 0. The summed E-state index contributed by atoms with van der Waals surface area (Å²) >= 11 is 11.0. The van der Waals surface area contributed by atoms with Gasteiger partial charge in [-0.05, 0) is 35.9 Å². The summed E-state index contributed by atoms with van der Waals surface area (Å²) in [5.41, 5.74) is 2.18. The van der Waals surface area contributed by atoms with E-state index in [0.29, 0.717) is 5.02 Å². The van der Waals surface area contributed by atoms with Gasteiger partial charge in [0.25, 0.3) is 0 Å². The molecule has 0 radical (unpaired) electrons. The summed E-state index contributed by atoms with van der Waals surface area (Å²) in [6, 6.07) is 16.3. The molecule has 0 bridgehead atoms. The second-order valence-electron chi connectivity index (χ2n) is 5.12. The van der Waals surface area contributed by atoms with Crippen molar-refractivity contribution in [2.24, 2.45) is 0 Å². The Kier molecular flexibility index (Phi) is 4.80. The van der Waals surface area contributed by atoms with Crippen LogP contribution in [-0.2, 0) is 12.8 Å². The Morgan fingerprint density at radius 3 is 2.58 bits per heavy atom. The Bertz CT molecular complexity index is 966. The fourth-order valence-corrected chi connectivity index (χ4v) is 5.75. The van der Waals surface area contributed by atoms with Crippen molar-refractivity contribution in [3.8, 4) is 0 Å². The van der Waals surface area contributed by atoms with Crippen LogP contribution in [0.25, 0.3) is 10.2 Å². The fraction of sp³-hybridized carbons (Fsp3) is 0.118. The van der Waals surface area contributed by atoms with Gasteiger partial charge >= 0.3 is 0 Å². The SMILES string of the molecule is Clc1cccc2sc(Sc3nnc(CCc4ccccc4)s3)nc12. The maximum absolute atomic E-state index is 6.19. The number of thiazole rings is 1. The maximum atomic E-state index is 6.19. The number of aryl methyl sites for hydroxylation is 2. The minimum atomic E-state index is 0.691. The summed E-state index contributed by atoms with van der Waals surface area (Å²) in [4.78, 5) is 4.60. The van der Waals surface area contributed by atoms with Crippen LogP contribution >= 0.6 is 46.0 Å². The molecule has 0 unspecified atom stereocenters. The Morgan fingerprint density at radius 1 is 0.875 bits per heavy atom. The van der Waals surface area contributed by atoms with Gasteiger partial charge in [0, 0.05) is 6.42 Å². The van der Waals surface area contributed by atoms with Crippen LogP contribution in [0.4, 0.5) is 0 Å². The molecule has 0 amide bonds. The van der Waals surface area contributed by atoms with Gasteiger partial charge < -0.3 is 0 Å². The van der Waals surface area contributed by atoms with Gasteiger partial charge in [0.1, 0.15) is 10.5 Å². The molecule has 0 aliphatic carbocycles. The normalized spacial score (nSPS) is 11.2. The molecule has 0 N–H and O–H groups in total. The molecular formula is C17H12ClN3S3. The highest BCUT2D eigenvalue weighted by Crippen LogP contribution is 2.37. The van der Waals surface area contributed by atoms with Crippen molar-refractivity contribution in [3.05, 3.63) is 64.1 Å². The van der Waals surface area contributed by atoms with Crippen molar-refractivity contribution >= 4 is 56.3 Å². The van der Waals surface area contributed by atoms with E-state index in [0.717, 1.165) is 36.7 Å². The van der Waals surface area contributed by atoms with Crippen molar-refractivity contribution < 1.29 is 0 Å². The standard InChI is InChI=1S/C17H12ClN3S3/c18-12-7-4-8-13-15(12)19-16(22-13)24-17-21-20-14(23-17)10-9-11-5-2-1-3-6-11/h1-8H,9-10H2. The van der Waals surface area contributed by atoms with Crippen molar-refractivity contribution in [2.75, 3.05) is 0 Å². The van der Waals surface area contributed by atoms with E-state index in [2.05, 4.69) is 39.4 Å². The van der Waals surface area contributed by atoms with Crippen LogP contribution in [0.3, 0.4) is 0 Å². The molecular weight excluding hydrogens is 378 g/mol. The van der Waals surface area contributed by atoms with Crippen LogP contribution in [0.1, 0.15) is 10.6 Å². The van der Waals surface area contributed by atoms with Gasteiger partial charge in [0.2, 0.25) is 0 Å². The van der Waals surface area contributed by atoms with E-state index in [-0.39, 0.29) is 0 Å². The van der Waals surface area contributed by atoms with Crippen molar-refractivity contribution in [1.29, 1.82) is 0 Å². The van der Waals surface area contributed by atoms with Crippen LogP contribution in [-0.4, -0.2) is 15.2 Å². The number of halogens is 1. The molecule has 0 saturated heterocycles. The first-order valence-corrected chi connectivity index (χ1v) is 10.2. The van der Waals surface area contributed by atoms with Crippen LogP contribution in [0.5, 0.6) is 0 Å². The smallest absolute Gasteiger partial charge is 0.181 e. The summed E-state index contributed by atoms with van der Waals surface area (Å²) in [6.45, 7) is 0. The largest absolute Gasteiger partial charge is 0.228 e. The molecule has 7 heteroatoms. The monoisotopic (exact) mass is 389 g/mol. The molecule has 0 atom stereocenters. The number of benzene rings is 2. The van der Waals surface area contributed by atoms with Gasteiger partial charge in [-0.1, -0.05) is 59.3 Å². The lowest BCUT2D eigenvalue weighted by molar-refractivity contribution is 0.888. The van der Waals surface area contributed by atoms with Crippen molar-refractivity contribution in [2.45, 2.75) is 21.5 Å². The highest BCUT2D eigenvalue weighted by atomic mass is 35.5. The number of fused-ring (bicyclic) bond motifs is 1. The van der Waals surface area contributed by atoms with Crippen LogP contribution in [0.15, 0.2) is 57.2 Å². The van der Waals surface area contributed by atoms with E-state index < -0.39 is 0 Å². The predicted molar refractivity (Wildman–Crippen MR) is 103 cm³/mol. The second kappa shape index (κ2) is 7.19. The zero-order valence-electron chi connectivity index (χ0n) is 12.5. The van der Waals surface area contributed by atoms with Crippen LogP contribution in [0, 0.1) is 0 Å². The Morgan fingerprint density at radius 2 is 1.75 bits per heavy atom. The molecule has 120 valence electrons. The Labute approximate surface area is 156 Å². The fourth-order valence-electron chi connectivity index (χ4n) is 2.29. The molecule has 0 aliphatic heterocycles. The van der Waals surface area contributed by atoms with E-state index in [9.17, 15) is 0 Å². The van der Waals surface area contributed by atoms with E-state index >= 15 is 0 Å². The number of rotatable bonds is 5. The summed E-state index contributed by atoms with van der Waals surface area (Å²) < 4.78 is 2.97. The summed E-state index contributed by atoms with van der Waals surface area (Å²) in [6.07, 6.45) is 1.89. The van der Waals surface area contributed by atoms with Gasteiger partial charge in [0.15, 0.2) is 8.68 Å². The number of hydrogen-bond acceptors (Lipinski definition) is 6. The highest BCUT2D eigenvalue weighted by Gasteiger charge is 2.11. The number of hydrogen-bond donors (Lipinski definition) is 0. The van der Waals surface area contributed by atoms with E-state index in [1.54, 1.807) is 34.4 Å². The Balaban J connectivity index is 1.45. The molecule has 0 saturated carbocycles. The molecule has 3 nitrogen and oxygen atoms in total. The zero-order valence-corrected chi connectivity index (χ0v) is 15.7. The molecule has 0 spiro atoms. The third-order valence-corrected chi connectivity index (χ3v) is 6.86. The minimum Gasteiger partial charge on any atom is -0.228 e. The topological polar surface area (TPSA) is 38.7 Å². The molecule has 0 aliphatic rings. The quantitative estimate of drug-likeness (QED) is 0.436. The zero-order chi connectivity index (χ0) is 16.4. The summed E-state index contributed by atoms with van der Waals surface area (Å²) in [7, 11) is 0. The average Bonchev–Trinajstić information content (AvgIpc) is 3.21. The highest BCUT2D eigenvalue weighted by molar-refractivity contribution is 8.02. The predicted octanol–water partition coefficient (Wildman–Crippen LogP) is 5.74. The maximum Gasteiger partial charge on any atom is 0.181 e. The van der Waals surface area contributed by atoms with Gasteiger partial charge in [-0.15, -0.1) is 21.5 Å². The third kappa shape index (κ3) is 3.62. The first-order valence-electron chi connectivity index (χ1n) is 7.37. The molecule has 2 heterocycles. The number of para-hydroxylation sites is 1. The van der Waals surface area contributed by atoms with E-state index in [4.69, 9.17) is 11.6 Å². The number of aromatic nitrogens is 3. The van der Waals surface area contributed by atoms with Gasteiger partial charge in [0.05, 0.1) is 9.72 Å². The lowest BCUT2D eigenvalue weighted by atomic mass is 10.1. The average molecular weight is 390 g/mol. The molecule has 4 rings (SSSR count). The first-order chi connectivity index (χ1) is 11.8. The second-order valence-corrected chi connectivity index (χ2v) is 9.11. The Hall–Kier alpha value is -1.47. The van der Waals surface area contributed by atoms with Gasteiger partial charge in [-0.2, -0.15) is 0 Å². The van der Waals surface area contributed by atoms with Crippen LogP contribution in [0.2, 0.25) is 5.02 Å². The van der Waals surface area contributed by atoms with Crippen LogP contribution < -0.4 is 0 Å². The molecule has 2 aromatic heterocycles. The van der Waals surface area contributed by atoms with Gasteiger partial charge in [-0.25, -0.2) is 4.98 Å². The first kappa shape index (κ1) is 16.0. The van der Waals surface area contributed by atoms with Gasteiger partial charge in [-0.3, -0.25) is 0 Å². The molecule has 4 aromatic rings. The molecule has 0 fully saturated rings. The van der Waals surface area contributed by atoms with E-state index in [1.165, 1.54) is 5.56 Å². The lowest BCUT2D eigenvalue weighted by Gasteiger charge is -1.96. The summed E-state index contributed by atoms with van der Waals surface area (Å²) in [5, 5.41) is 10.3. The molecule has 24 heavy (non-hydrogen) atoms. The number of nitrogens with zero attached hydrogens (tertiary/aromatic N) is 3. The van der Waals surface area contributed by atoms with E-state index in [1.807, 2.05) is 24.3 Å². The van der Waals surface area contributed by atoms with Crippen molar-refractivity contribution in [3.63, 3.8) is 0 Å².